The Bertz CT molecular complexity index is 883. The molecule has 2 nitrogen and oxygen atoms in total. The van der Waals surface area contributed by atoms with Crippen LogP contribution in [0.4, 0.5) is 0 Å². The molecule has 0 bridgehead atoms. The molecule has 1 aromatic heterocycles. The van der Waals surface area contributed by atoms with Crippen molar-refractivity contribution in [3.8, 4) is 11.3 Å². The van der Waals surface area contributed by atoms with Crippen LogP contribution in [0.25, 0.3) is 22.2 Å². The fraction of sp³-hybridized carbons (Fsp3) is 0.0667. The molecular weight excluding hydrogens is 244 g/mol. The second-order valence-electron chi connectivity index (χ2n) is 3.86. The van der Waals surface area contributed by atoms with Gasteiger partial charge < -0.3 is 0 Å². The van der Waals surface area contributed by atoms with Crippen LogP contribution in [0.5, 0.6) is 0 Å². The van der Waals surface area contributed by atoms with Crippen LogP contribution in [0.1, 0.15) is 11.0 Å². The second-order valence-corrected chi connectivity index (χ2v) is 4.20. The molecule has 3 heteroatoms. The molecule has 88 valence electrons. The van der Waals surface area contributed by atoms with Crippen LogP contribution in [0.2, 0.25) is 5.28 Å². The van der Waals surface area contributed by atoms with E-state index in [2.05, 4.69) is 9.97 Å². The number of fused-ring (bicyclic) bond motifs is 1. The van der Waals surface area contributed by atoms with Gasteiger partial charge in [-0.1, -0.05) is 47.9 Å². The molecule has 2 aromatic carbocycles. The van der Waals surface area contributed by atoms with Gasteiger partial charge in [0.05, 0.1) is 16.7 Å². The summed E-state index contributed by atoms with van der Waals surface area (Å²) in [5.74, 6) is 0. The van der Waals surface area contributed by atoms with Gasteiger partial charge in [0.2, 0.25) is 5.28 Å². The zero-order chi connectivity index (χ0) is 16.0. The van der Waals surface area contributed by atoms with E-state index in [0.717, 1.165) is 0 Å². The Hall–Kier alpha value is -1.93. The topological polar surface area (TPSA) is 25.8 Å². The third-order valence-electron chi connectivity index (χ3n) is 2.56. The molecule has 0 fully saturated rings. The zero-order valence-electron chi connectivity index (χ0n) is 13.6. The number of nitrogens with zero attached hydrogens (tertiary/aromatic N) is 2. The number of hydrogen-bond donors (Lipinski definition) is 0. The number of benzene rings is 2. The number of aromatic nitrogens is 2. The van der Waals surface area contributed by atoms with Crippen molar-refractivity contribution in [2.75, 3.05) is 0 Å². The molecule has 0 radical (unpaired) electrons. The monoisotopic (exact) mass is 258 g/mol. The fourth-order valence-electron chi connectivity index (χ4n) is 1.73. The van der Waals surface area contributed by atoms with E-state index >= 15 is 0 Å². The minimum Gasteiger partial charge on any atom is -0.218 e. The van der Waals surface area contributed by atoms with Gasteiger partial charge in [0.25, 0.3) is 0 Å². The van der Waals surface area contributed by atoms with Crippen molar-refractivity contribution in [3.05, 3.63) is 59.3 Å². The lowest BCUT2D eigenvalue weighted by molar-refractivity contribution is 1.22. The first-order valence-corrected chi connectivity index (χ1v) is 5.79. The van der Waals surface area contributed by atoms with Gasteiger partial charge in [-0.15, -0.1) is 0 Å². The smallest absolute Gasteiger partial charge is 0.218 e. The van der Waals surface area contributed by atoms with Crippen LogP contribution < -0.4 is 0 Å². The van der Waals surface area contributed by atoms with Crippen molar-refractivity contribution in [2.24, 2.45) is 0 Å². The van der Waals surface area contributed by atoms with Crippen LogP contribution in [-0.2, 0) is 0 Å². The largest absolute Gasteiger partial charge is 0.223 e. The molecule has 18 heavy (non-hydrogen) atoms. The summed E-state index contributed by atoms with van der Waals surface area (Å²) < 4.78 is 32.3. The maximum atomic E-state index is 8.16. The summed E-state index contributed by atoms with van der Waals surface area (Å²) >= 11 is 5.95. The van der Waals surface area contributed by atoms with E-state index in [9.17, 15) is 0 Å². The average Bonchev–Trinajstić information content (AvgIpc) is 2.51. The highest BCUT2D eigenvalue weighted by molar-refractivity contribution is 6.28. The van der Waals surface area contributed by atoms with Crippen molar-refractivity contribution in [1.82, 2.24) is 9.97 Å². The van der Waals surface area contributed by atoms with Crippen LogP contribution >= 0.6 is 11.6 Å². The van der Waals surface area contributed by atoms with Gasteiger partial charge >= 0.3 is 0 Å². The third-order valence-corrected chi connectivity index (χ3v) is 2.73. The van der Waals surface area contributed by atoms with Crippen molar-refractivity contribution < 1.29 is 5.48 Å². The maximum absolute atomic E-state index is 8.16. The van der Waals surface area contributed by atoms with Crippen LogP contribution in [0.3, 0.4) is 0 Å². The van der Waals surface area contributed by atoms with Crippen molar-refractivity contribution in [3.63, 3.8) is 0 Å². The molecule has 0 saturated heterocycles. The van der Waals surface area contributed by atoms with Gasteiger partial charge in [-0.05, 0) is 24.6 Å². The summed E-state index contributed by atoms with van der Waals surface area (Å²) in [6.45, 7) is 1.57. The van der Waals surface area contributed by atoms with Crippen molar-refractivity contribution in [2.45, 2.75) is 6.92 Å². The number of halogens is 1. The highest BCUT2D eigenvalue weighted by Gasteiger charge is 2.07. The minimum atomic E-state index is -0.126. The predicted octanol–water partition coefficient (Wildman–Crippen LogP) is 4.26. The molecule has 0 spiro atoms. The Labute approximate surface area is 116 Å². The van der Waals surface area contributed by atoms with E-state index in [4.69, 9.17) is 17.1 Å². The fourth-order valence-corrected chi connectivity index (χ4v) is 1.91. The zero-order valence-corrected chi connectivity index (χ0v) is 10.3. The Morgan fingerprint density at radius 2 is 1.78 bits per heavy atom. The molecule has 0 N–H and O–H groups in total. The summed E-state index contributed by atoms with van der Waals surface area (Å²) in [4.78, 5) is 8.27. The van der Waals surface area contributed by atoms with Crippen LogP contribution in [0, 0.1) is 6.92 Å². The average molecular weight is 259 g/mol. The lowest BCUT2D eigenvalue weighted by Gasteiger charge is -2.06. The summed E-state index contributed by atoms with van der Waals surface area (Å²) in [7, 11) is 0. The normalized spacial score (nSPS) is 13.9. The summed E-state index contributed by atoms with van der Waals surface area (Å²) in [6.07, 6.45) is 0. The van der Waals surface area contributed by atoms with E-state index in [1.165, 1.54) is 0 Å². The van der Waals surface area contributed by atoms with E-state index in [-0.39, 0.29) is 35.0 Å². The molecule has 0 aliphatic heterocycles. The van der Waals surface area contributed by atoms with E-state index in [1.807, 2.05) is 0 Å². The molecule has 0 unspecified atom stereocenters. The van der Waals surface area contributed by atoms with Gasteiger partial charge in [-0.25, -0.2) is 9.97 Å². The number of para-hydroxylation sites is 1. The molecule has 0 saturated carbocycles. The summed E-state index contributed by atoms with van der Waals surface area (Å²) in [5.41, 5.74) is 1.35. The van der Waals surface area contributed by atoms with E-state index in [1.54, 1.807) is 31.2 Å². The van der Waals surface area contributed by atoms with Gasteiger partial charge in [0, 0.05) is 10.9 Å². The Kier molecular flexibility index (Phi) is 1.83. The van der Waals surface area contributed by atoms with Gasteiger partial charge in [-0.2, -0.15) is 0 Å². The third kappa shape index (κ3) is 1.95. The standard InChI is InChI=1S/C15H11ClN2/c1-10-6-8-11(9-7-10)14-12-4-2-3-5-13(12)17-15(16)18-14/h2-9H,1H3/i6D,7D,8D,9D. The summed E-state index contributed by atoms with van der Waals surface area (Å²) in [5, 5.41) is 0.641. The summed E-state index contributed by atoms with van der Waals surface area (Å²) in [6, 6.07) is 6.73. The lowest BCUT2D eigenvalue weighted by Crippen LogP contribution is -1.91. The van der Waals surface area contributed by atoms with Crippen molar-refractivity contribution in [1.29, 1.82) is 0 Å². The first-order valence-electron chi connectivity index (χ1n) is 7.41. The molecular formula is C15H11ClN2. The molecule has 0 aliphatic carbocycles. The first kappa shape index (κ1) is 7.49. The predicted molar refractivity (Wildman–Crippen MR) is 74.7 cm³/mol. The molecule has 3 aromatic rings. The Morgan fingerprint density at radius 1 is 1.06 bits per heavy atom. The molecule has 3 rings (SSSR count). The second kappa shape index (κ2) is 4.39. The van der Waals surface area contributed by atoms with Gasteiger partial charge in [0.15, 0.2) is 0 Å². The van der Waals surface area contributed by atoms with Gasteiger partial charge in [0.1, 0.15) is 0 Å². The van der Waals surface area contributed by atoms with Crippen LogP contribution in [-0.4, -0.2) is 9.97 Å². The molecule has 0 aliphatic rings. The molecule has 0 amide bonds. The quantitative estimate of drug-likeness (QED) is 0.610. The Morgan fingerprint density at radius 3 is 2.56 bits per heavy atom. The first-order chi connectivity index (χ1) is 10.4. The molecule has 1 heterocycles. The molecule has 0 atom stereocenters. The van der Waals surface area contributed by atoms with Gasteiger partial charge in [-0.3, -0.25) is 0 Å². The van der Waals surface area contributed by atoms with Crippen molar-refractivity contribution >= 4 is 22.5 Å². The van der Waals surface area contributed by atoms with Crippen LogP contribution in [0.15, 0.2) is 48.4 Å². The number of rotatable bonds is 1. The lowest BCUT2D eigenvalue weighted by atomic mass is 10.1. The highest BCUT2D eigenvalue weighted by atomic mass is 35.5. The highest BCUT2D eigenvalue weighted by Crippen LogP contribution is 2.27. The Balaban J connectivity index is 2.48. The van der Waals surface area contributed by atoms with E-state index < -0.39 is 0 Å². The van der Waals surface area contributed by atoms with E-state index in [0.29, 0.717) is 22.2 Å². The SMILES string of the molecule is [2H]c1c([2H])c(-c2nc(Cl)nc3ccccc23)c([2H])c([2H])c1C. The maximum Gasteiger partial charge on any atom is 0.223 e. The minimum absolute atomic E-state index is 0.00568. The number of hydrogen-bond acceptors (Lipinski definition) is 2.